The van der Waals surface area contributed by atoms with Gasteiger partial charge in [-0.25, -0.2) is 0 Å². The van der Waals surface area contributed by atoms with E-state index in [2.05, 4.69) is 31.9 Å². The van der Waals surface area contributed by atoms with Gasteiger partial charge < -0.3 is 5.73 Å². The zero-order valence-electron chi connectivity index (χ0n) is 11.9. The van der Waals surface area contributed by atoms with Crippen molar-refractivity contribution in [1.29, 1.82) is 0 Å². The summed E-state index contributed by atoms with van der Waals surface area (Å²) in [7, 11) is 2.28. The molecule has 102 valence electrons. The molecule has 18 heavy (non-hydrogen) atoms. The SMILES string of the molecule is Cc1sc(CN)cc1CN(C)C1CCCC(C)C1. The van der Waals surface area contributed by atoms with Crippen LogP contribution in [0.5, 0.6) is 0 Å². The average Bonchev–Trinajstić information content (AvgIpc) is 2.70. The molecular formula is C15H26N2S. The maximum atomic E-state index is 5.72. The monoisotopic (exact) mass is 266 g/mol. The molecule has 2 N–H and O–H groups in total. The molecule has 3 heteroatoms. The Morgan fingerprint density at radius 2 is 2.22 bits per heavy atom. The lowest BCUT2D eigenvalue weighted by molar-refractivity contribution is 0.157. The Hall–Kier alpha value is -0.380. The number of hydrogen-bond donors (Lipinski definition) is 1. The predicted molar refractivity (Wildman–Crippen MR) is 79.8 cm³/mol. The lowest BCUT2D eigenvalue weighted by Crippen LogP contribution is -2.35. The number of rotatable bonds is 4. The van der Waals surface area contributed by atoms with Crippen LogP contribution in [0.2, 0.25) is 0 Å². The van der Waals surface area contributed by atoms with Gasteiger partial charge in [0, 0.05) is 28.9 Å². The third-order valence-corrected chi connectivity index (χ3v) is 5.34. The Labute approximate surface area is 115 Å². The lowest BCUT2D eigenvalue weighted by atomic mass is 9.86. The van der Waals surface area contributed by atoms with Gasteiger partial charge in [0.2, 0.25) is 0 Å². The maximum Gasteiger partial charge on any atom is 0.0274 e. The molecule has 0 radical (unpaired) electrons. The third kappa shape index (κ3) is 3.34. The molecule has 2 rings (SSSR count). The molecule has 1 aliphatic rings. The summed E-state index contributed by atoms with van der Waals surface area (Å²) in [6.45, 7) is 6.37. The highest BCUT2D eigenvalue weighted by molar-refractivity contribution is 7.12. The number of nitrogens with zero attached hydrogens (tertiary/aromatic N) is 1. The first-order valence-electron chi connectivity index (χ1n) is 7.08. The first kappa shape index (κ1) is 14.0. The van der Waals surface area contributed by atoms with Crippen molar-refractivity contribution in [3.63, 3.8) is 0 Å². The van der Waals surface area contributed by atoms with Crippen molar-refractivity contribution in [1.82, 2.24) is 4.90 Å². The summed E-state index contributed by atoms with van der Waals surface area (Å²) in [5.74, 6) is 0.898. The minimum atomic E-state index is 0.676. The maximum absolute atomic E-state index is 5.72. The molecule has 1 aliphatic carbocycles. The fraction of sp³-hybridized carbons (Fsp3) is 0.733. The van der Waals surface area contributed by atoms with E-state index in [0.717, 1.165) is 18.5 Å². The van der Waals surface area contributed by atoms with E-state index in [4.69, 9.17) is 5.73 Å². The van der Waals surface area contributed by atoms with Crippen molar-refractivity contribution in [2.75, 3.05) is 7.05 Å². The van der Waals surface area contributed by atoms with Gasteiger partial charge in [-0.15, -0.1) is 11.3 Å². The van der Waals surface area contributed by atoms with Gasteiger partial charge in [-0.3, -0.25) is 4.90 Å². The molecule has 1 aromatic rings. The van der Waals surface area contributed by atoms with Crippen molar-refractivity contribution in [3.05, 3.63) is 21.4 Å². The normalized spacial score (nSPS) is 24.7. The highest BCUT2D eigenvalue weighted by Gasteiger charge is 2.22. The fourth-order valence-electron chi connectivity index (χ4n) is 3.05. The zero-order chi connectivity index (χ0) is 13.1. The topological polar surface area (TPSA) is 29.3 Å². The van der Waals surface area contributed by atoms with Gasteiger partial charge in [-0.1, -0.05) is 19.8 Å². The Bertz CT molecular complexity index is 386. The van der Waals surface area contributed by atoms with Gasteiger partial charge in [0.15, 0.2) is 0 Å². The van der Waals surface area contributed by atoms with Crippen LogP contribution in [-0.4, -0.2) is 18.0 Å². The Morgan fingerprint density at radius 3 is 2.83 bits per heavy atom. The molecule has 0 saturated heterocycles. The quantitative estimate of drug-likeness (QED) is 0.903. The third-order valence-electron chi connectivity index (χ3n) is 4.22. The fourth-order valence-corrected chi connectivity index (χ4v) is 3.98. The zero-order valence-corrected chi connectivity index (χ0v) is 12.7. The van der Waals surface area contributed by atoms with Crippen LogP contribution < -0.4 is 5.73 Å². The van der Waals surface area contributed by atoms with Crippen LogP contribution in [0.25, 0.3) is 0 Å². The second kappa shape index (κ2) is 6.18. The Kier molecular flexibility index (Phi) is 4.82. The second-order valence-electron chi connectivity index (χ2n) is 5.84. The molecule has 2 unspecified atom stereocenters. The largest absolute Gasteiger partial charge is 0.326 e. The molecule has 2 nitrogen and oxygen atoms in total. The van der Waals surface area contributed by atoms with Crippen LogP contribution in [-0.2, 0) is 13.1 Å². The van der Waals surface area contributed by atoms with Crippen LogP contribution in [0.15, 0.2) is 6.07 Å². The van der Waals surface area contributed by atoms with Crippen LogP contribution in [0.1, 0.15) is 47.9 Å². The highest BCUT2D eigenvalue weighted by atomic mass is 32.1. The van der Waals surface area contributed by atoms with E-state index in [1.807, 2.05) is 11.3 Å². The Morgan fingerprint density at radius 1 is 1.44 bits per heavy atom. The van der Waals surface area contributed by atoms with E-state index in [0.29, 0.717) is 6.54 Å². The van der Waals surface area contributed by atoms with E-state index < -0.39 is 0 Å². The summed E-state index contributed by atoms with van der Waals surface area (Å²) in [6.07, 6.45) is 5.54. The lowest BCUT2D eigenvalue weighted by Gasteiger charge is -2.34. The van der Waals surface area contributed by atoms with Crippen LogP contribution in [0.4, 0.5) is 0 Å². The van der Waals surface area contributed by atoms with E-state index in [9.17, 15) is 0 Å². The summed E-state index contributed by atoms with van der Waals surface area (Å²) in [4.78, 5) is 5.30. The van der Waals surface area contributed by atoms with Crippen molar-refractivity contribution < 1.29 is 0 Å². The number of thiophene rings is 1. The molecule has 2 atom stereocenters. The van der Waals surface area contributed by atoms with E-state index in [-0.39, 0.29) is 0 Å². The van der Waals surface area contributed by atoms with E-state index in [1.54, 1.807) is 0 Å². The molecule has 1 heterocycles. The van der Waals surface area contributed by atoms with Gasteiger partial charge in [0.25, 0.3) is 0 Å². The molecular weight excluding hydrogens is 240 g/mol. The number of aryl methyl sites for hydroxylation is 1. The van der Waals surface area contributed by atoms with Crippen molar-refractivity contribution in [2.45, 2.75) is 58.7 Å². The van der Waals surface area contributed by atoms with Gasteiger partial charge in [0.05, 0.1) is 0 Å². The van der Waals surface area contributed by atoms with Gasteiger partial charge >= 0.3 is 0 Å². The summed E-state index contributed by atoms with van der Waals surface area (Å²) >= 11 is 1.85. The van der Waals surface area contributed by atoms with Crippen LogP contribution >= 0.6 is 11.3 Å². The molecule has 1 fully saturated rings. The molecule has 0 amide bonds. The Balaban J connectivity index is 1.97. The second-order valence-corrected chi connectivity index (χ2v) is 7.18. The molecule has 0 aliphatic heterocycles. The number of hydrogen-bond acceptors (Lipinski definition) is 3. The minimum Gasteiger partial charge on any atom is -0.326 e. The van der Waals surface area contributed by atoms with E-state index in [1.165, 1.54) is 41.0 Å². The number of nitrogens with two attached hydrogens (primary N) is 1. The van der Waals surface area contributed by atoms with E-state index >= 15 is 0 Å². The molecule has 0 spiro atoms. The summed E-state index contributed by atoms with van der Waals surface area (Å²) in [5.41, 5.74) is 7.19. The summed E-state index contributed by atoms with van der Waals surface area (Å²) in [6, 6.07) is 3.07. The summed E-state index contributed by atoms with van der Waals surface area (Å²) < 4.78 is 0. The van der Waals surface area contributed by atoms with Crippen molar-refractivity contribution in [3.8, 4) is 0 Å². The molecule has 0 bridgehead atoms. The van der Waals surface area contributed by atoms with Gasteiger partial charge in [-0.2, -0.15) is 0 Å². The molecule has 1 aromatic heterocycles. The van der Waals surface area contributed by atoms with Gasteiger partial charge in [0.1, 0.15) is 0 Å². The highest BCUT2D eigenvalue weighted by Crippen LogP contribution is 2.29. The van der Waals surface area contributed by atoms with Crippen molar-refractivity contribution >= 4 is 11.3 Å². The average molecular weight is 266 g/mol. The standard InChI is InChI=1S/C15H26N2S/c1-11-5-4-6-14(7-11)17(3)10-13-8-15(9-16)18-12(13)2/h8,11,14H,4-7,9-10,16H2,1-3H3. The van der Waals surface area contributed by atoms with Crippen LogP contribution in [0, 0.1) is 12.8 Å². The first-order valence-corrected chi connectivity index (χ1v) is 7.90. The van der Waals surface area contributed by atoms with Crippen molar-refractivity contribution in [2.24, 2.45) is 11.7 Å². The molecule has 1 saturated carbocycles. The van der Waals surface area contributed by atoms with Gasteiger partial charge in [-0.05, 0) is 44.4 Å². The molecule has 0 aromatic carbocycles. The summed E-state index contributed by atoms with van der Waals surface area (Å²) in [5, 5.41) is 0. The smallest absolute Gasteiger partial charge is 0.0274 e. The minimum absolute atomic E-state index is 0.676. The van der Waals surface area contributed by atoms with Crippen LogP contribution in [0.3, 0.4) is 0 Å². The first-order chi connectivity index (χ1) is 8.60. The predicted octanol–water partition coefficient (Wildman–Crippen LogP) is 3.53.